The van der Waals surface area contributed by atoms with Crippen LogP contribution in [0.5, 0.6) is 0 Å². The Morgan fingerprint density at radius 2 is 1.41 bits per heavy atom. The Labute approximate surface area is 131 Å². The van der Waals surface area contributed by atoms with Gasteiger partial charge in [-0.25, -0.2) is 0 Å². The normalized spacial score (nSPS) is 16.8. The fourth-order valence-electron chi connectivity index (χ4n) is 1.81. The van der Waals surface area contributed by atoms with Crippen molar-refractivity contribution in [2.75, 3.05) is 0 Å². The summed E-state index contributed by atoms with van der Waals surface area (Å²) in [5.41, 5.74) is 0.702. The molecule has 0 bridgehead atoms. The number of aryl methyl sites for hydroxylation is 1. The van der Waals surface area contributed by atoms with E-state index in [1.165, 1.54) is 30.3 Å². The molecule has 0 aliphatic carbocycles. The third-order valence-electron chi connectivity index (χ3n) is 2.93. The van der Waals surface area contributed by atoms with E-state index in [2.05, 4.69) is 0 Å². The van der Waals surface area contributed by atoms with Crippen LogP contribution in [0.3, 0.4) is 0 Å². The summed E-state index contributed by atoms with van der Waals surface area (Å²) >= 11 is -6.17. The maximum absolute atomic E-state index is 15.5. The minimum atomic E-state index is -6.17. The first-order chi connectivity index (χ1) is 10.1. The van der Waals surface area contributed by atoms with Crippen LogP contribution in [0, 0.1) is 14.1 Å². The molecule has 2 aromatic carbocycles. The van der Waals surface area contributed by atoms with Gasteiger partial charge in [0, 0.05) is 0 Å². The molecule has 22 heavy (non-hydrogen) atoms. The van der Waals surface area contributed by atoms with Gasteiger partial charge in [-0.05, 0) is 0 Å². The molecule has 0 saturated heterocycles. The zero-order valence-corrected chi connectivity index (χ0v) is 14.3. The Bertz CT molecular complexity index is 764. The number of rotatable bonds is 4. The van der Waals surface area contributed by atoms with Crippen molar-refractivity contribution in [1.82, 2.24) is 0 Å². The number of halogens is 4. The molecule has 0 amide bonds. The molecular formula is C14H12F3IO3S-2. The SMILES string of the molecule is Cc1ccc([I-](F)(c2ccccc2)C(F)(F)S(=O)(=O)[O-])cc1. The standard InChI is InChI=1S/C14H13F3IO3S/c1-11-7-9-13(10-8-11)18(17,12-5-3-2-4-6-12)14(15,16)22(19,20)21/h2-10H,1H3,(H,19,20,21)/q-1/p-1. The Morgan fingerprint density at radius 3 is 1.86 bits per heavy atom. The summed E-state index contributed by atoms with van der Waals surface area (Å²) in [6.45, 7) is 1.68. The van der Waals surface area contributed by atoms with Crippen molar-refractivity contribution < 1.29 is 43.6 Å². The van der Waals surface area contributed by atoms with Gasteiger partial charge in [0.1, 0.15) is 0 Å². The van der Waals surface area contributed by atoms with Crippen LogP contribution < -0.4 is 19.0 Å². The van der Waals surface area contributed by atoms with Crippen LogP contribution >= 0.6 is 0 Å². The first-order valence-corrected chi connectivity index (χ1v) is 11.5. The quantitative estimate of drug-likeness (QED) is 0.384. The van der Waals surface area contributed by atoms with Crippen molar-refractivity contribution in [2.45, 2.75) is 10.2 Å². The molecule has 0 heterocycles. The number of hydrogen-bond acceptors (Lipinski definition) is 3. The molecular weight excluding hydrogens is 432 g/mol. The molecule has 0 N–H and O–H groups in total. The second-order valence-corrected chi connectivity index (χ2v) is 13.3. The van der Waals surface area contributed by atoms with Crippen LogP contribution in [0.15, 0.2) is 54.6 Å². The van der Waals surface area contributed by atoms with E-state index in [-0.39, 0.29) is 0 Å². The summed E-state index contributed by atoms with van der Waals surface area (Å²) in [6.07, 6.45) is 0. The Morgan fingerprint density at radius 1 is 0.955 bits per heavy atom. The molecule has 1 atom stereocenters. The first-order valence-electron chi connectivity index (χ1n) is 6.02. The number of alkyl halides is 3. The molecule has 0 fully saturated rings. The van der Waals surface area contributed by atoms with Gasteiger partial charge >= 0.3 is 131 Å². The molecule has 0 radical (unpaired) electrons. The van der Waals surface area contributed by atoms with E-state index in [0.717, 1.165) is 24.3 Å². The van der Waals surface area contributed by atoms with Crippen LogP contribution in [0.4, 0.5) is 11.6 Å². The summed E-state index contributed by atoms with van der Waals surface area (Å²) in [5.74, 6) is 0. The second-order valence-electron chi connectivity index (χ2n) is 4.49. The third-order valence-corrected chi connectivity index (χ3v) is 13.1. The molecule has 3 nitrogen and oxygen atoms in total. The Balaban J connectivity index is 2.79. The Hall–Kier alpha value is -1.13. The summed E-state index contributed by atoms with van der Waals surface area (Å²) in [5, 5.41) is 0. The van der Waals surface area contributed by atoms with Crippen molar-refractivity contribution in [2.24, 2.45) is 0 Å². The molecule has 8 heteroatoms. The first kappa shape index (κ1) is 17.2. The van der Waals surface area contributed by atoms with Gasteiger partial charge in [-0.2, -0.15) is 0 Å². The van der Waals surface area contributed by atoms with Crippen molar-refractivity contribution in [3.05, 3.63) is 67.3 Å². The van der Waals surface area contributed by atoms with Gasteiger partial charge in [-0.1, -0.05) is 0 Å². The summed E-state index contributed by atoms with van der Waals surface area (Å²) in [6, 6.07) is 11.4. The summed E-state index contributed by atoms with van der Waals surface area (Å²) in [4.78, 5) is 0. The van der Waals surface area contributed by atoms with Gasteiger partial charge in [0.15, 0.2) is 0 Å². The van der Waals surface area contributed by atoms with E-state index >= 15 is 2.86 Å². The average Bonchev–Trinajstić information content (AvgIpc) is 2.46. The zero-order valence-electron chi connectivity index (χ0n) is 11.3. The molecule has 0 saturated carbocycles. The summed E-state index contributed by atoms with van der Waals surface area (Å²) < 4.78 is 71.2. The Kier molecular flexibility index (Phi) is 4.56. The molecule has 2 aromatic rings. The average molecular weight is 444 g/mol. The van der Waals surface area contributed by atoms with Crippen molar-refractivity contribution in [3.63, 3.8) is 0 Å². The zero-order chi connectivity index (χ0) is 16.6. The molecule has 0 aliphatic rings. The predicted molar refractivity (Wildman–Crippen MR) is 70.8 cm³/mol. The summed E-state index contributed by atoms with van der Waals surface area (Å²) in [7, 11) is -6.14. The van der Waals surface area contributed by atoms with E-state index in [1.807, 2.05) is 0 Å². The molecule has 0 aromatic heterocycles. The van der Waals surface area contributed by atoms with Gasteiger partial charge in [-0.3, -0.25) is 0 Å². The molecule has 0 aliphatic heterocycles. The molecule has 1 unspecified atom stereocenters. The van der Waals surface area contributed by atoms with Gasteiger partial charge in [0.05, 0.1) is 0 Å². The van der Waals surface area contributed by atoms with Crippen LogP contribution in [-0.2, 0) is 10.1 Å². The van der Waals surface area contributed by atoms with Crippen molar-refractivity contribution >= 4 is 10.1 Å². The van der Waals surface area contributed by atoms with Gasteiger partial charge in [0.25, 0.3) is 0 Å². The monoisotopic (exact) mass is 444 g/mol. The van der Waals surface area contributed by atoms with E-state index in [4.69, 9.17) is 0 Å². The minimum absolute atomic E-state index is 0.423. The topological polar surface area (TPSA) is 57.2 Å². The van der Waals surface area contributed by atoms with E-state index < -0.39 is 39.5 Å². The van der Waals surface area contributed by atoms with Crippen molar-refractivity contribution in [3.8, 4) is 0 Å². The van der Waals surface area contributed by atoms with E-state index in [0.29, 0.717) is 5.56 Å². The van der Waals surface area contributed by atoms with Crippen LogP contribution in [-0.4, -0.2) is 16.2 Å². The number of benzene rings is 2. The maximum atomic E-state index is 15.5. The van der Waals surface area contributed by atoms with Gasteiger partial charge < -0.3 is 0 Å². The second kappa shape index (κ2) is 5.82. The van der Waals surface area contributed by atoms with Crippen LogP contribution in [0.25, 0.3) is 0 Å². The van der Waals surface area contributed by atoms with Crippen LogP contribution in [0.2, 0.25) is 0 Å². The van der Waals surface area contributed by atoms with Crippen LogP contribution in [0.1, 0.15) is 5.56 Å². The predicted octanol–water partition coefficient (Wildman–Crippen LogP) is 0.175. The van der Waals surface area contributed by atoms with Gasteiger partial charge in [-0.15, -0.1) is 0 Å². The van der Waals surface area contributed by atoms with E-state index in [1.54, 1.807) is 6.92 Å². The van der Waals surface area contributed by atoms with Crippen molar-refractivity contribution in [1.29, 1.82) is 0 Å². The molecule has 0 spiro atoms. The van der Waals surface area contributed by atoms with Gasteiger partial charge in [0.2, 0.25) is 0 Å². The third kappa shape index (κ3) is 2.74. The van der Waals surface area contributed by atoms with E-state index in [9.17, 15) is 21.8 Å². The molecule has 2 rings (SSSR count). The number of hydrogen-bond donors (Lipinski definition) is 0. The molecule has 122 valence electrons. The fraction of sp³-hybridized carbons (Fsp3) is 0.143. The fourth-order valence-corrected chi connectivity index (χ4v) is 10.4.